The number of hydrogen-bond acceptors (Lipinski definition) is 6. The van der Waals surface area contributed by atoms with Gasteiger partial charge in [-0.3, -0.25) is 0 Å². The van der Waals surface area contributed by atoms with Crippen molar-refractivity contribution in [2.45, 2.75) is 32.5 Å². The first-order chi connectivity index (χ1) is 8.38. The van der Waals surface area contributed by atoms with Gasteiger partial charge in [0.1, 0.15) is 6.61 Å². The summed E-state index contributed by atoms with van der Waals surface area (Å²) in [6.45, 7) is 5.53. The lowest BCUT2D eigenvalue weighted by atomic mass is 10.3. The SMILES string of the molecule is CCCc1nc(COCC2CNCCO2)no1. The molecule has 0 spiro atoms. The molecule has 0 aliphatic carbocycles. The first kappa shape index (κ1) is 12.5. The molecule has 1 saturated heterocycles. The molecule has 1 N–H and O–H groups in total. The largest absolute Gasteiger partial charge is 0.373 e. The Balaban J connectivity index is 1.66. The van der Waals surface area contributed by atoms with E-state index >= 15 is 0 Å². The number of aryl methyl sites for hydroxylation is 1. The molecule has 1 aliphatic heterocycles. The van der Waals surface area contributed by atoms with E-state index in [1.807, 2.05) is 0 Å². The third-order valence-electron chi connectivity index (χ3n) is 2.51. The maximum Gasteiger partial charge on any atom is 0.226 e. The number of rotatable bonds is 6. The second-order valence-corrected chi connectivity index (χ2v) is 4.07. The van der Waals surface area contributed by atoms with E-state index in [0.717, 1.165) is 32.5 Å². The van der Waals surface area contributed by atoms with Crippen LogP contribution in [-0.2, 0) is 22.5 Å². The van der Waals surface area contributed by atoms with Crippen molar-refractivity contribution < 1.29 is 14.0 Å². The molecule has 1 aliphatic rings. The van der Waals surface area contributed by atoms with E-state index < -0.39 is 0 Å². The smallest absolute Gasteiger partial charge is 0.226 e. The highest BCUT2D eigenvalue weighted by atomic mass is 16.5. The maximum atomic E-state index is 5.51. The van der Waals surface area contributed by atoms with Crippen molar-refractivity contribution in [3.63, 3.8) is 0 Å². The molecular weight excluding hydrogens is 222 g/mol. The molecule has 0 radical (unpaired) electrons. The molecule has 0 amide bonds. The Hall–Kier alpha value is -0.980. The van der Waals surface area contributed by atoms with Gasteiger partial charge in [0.25, 0.3) is 0 Å². The summed E-state index contributed by atoms with van der Waals surface area (Å²) in [4.78, 5) is 4.22. The van der Waals surface area contributed by atoms with Crippen molar-refractivity contribution in [2.24, 2.45) is 0 Å². The van der Waals surface area contributed by atoms with Crippen LogP contribution in [0, 0.1) is 0 Å². The van der Waals surface area contributed by atoms with Gasteiger partial charge >= 0.3 is 0 Å². The molecule has 96 valence electrons. The first-order valence-electron chi connectivity index (χ1n) is 6.10. The molecule has 6 nitrogen and oxygen atoms in total. The summed E-state index contributed by atoms with van der Waals surface area (Å²) in [5.74, 6) is 1.29. The van der Waals surface area contributed by atoms with Gasteiger partial charge in [-0.1, -0.05) is 12.1 Å². The molecule has 1 fully saturated rings. The predicted octanol–water partition coefficient (Wildman–Crippen LogP) is 0.527. The van der Waals surface area contributed by atoms with Gasteiger partial charge in [-0.15, -0.1) is 0 Å². The van der Waals surface area contributed by atoms with Gasteiger partial charge in [-0.05, 0) is 6.42 Å². The molecule has 1 aromatic heterocycles. The van der Waals surface area contributed by atoms with Gasteiger partial charge < -0.3 is 19.3 Å². The molecule has 1 aromatic rings. The Labute approximate surface area is 101 Å². The van der Waals surface area contributed by atoms with Crippen LogP contribution in [0.4, 0.5) is 0 Å². The molecule has 0 saturated carbocycles. The van der Waals surface area contributed by atoms with E-state index in [4.69, 9.17) is 14.0 Å². The maximum absolute atomic E-state index is 5.51. The Morgan fingerprint density at radius 2 is 2.47 bits per heavy atom. The summed E-state index contributed by atoms with van der Waals surface area (Å²) in [5, 5.41) is 7.10. The third-order valence-corrected chi connectivity index (χ3v) is 2.51. The summed E-state index contributed by atoms with van der Waals surface area (Å²) >= 11 is 0. The molecule has 2 rings (SSSR count). The van der Waals surface area contributed by atoms with Crippen LogP contribution in [0.15, 0.2) is 4.52 Å². The fourth-order valence-corrected chi connectivity index (χ4v) is 1.67. The van der Waals surface area contributed by atoms with Crippen molar-refractivity contribution >= 4 is 0 Å². The topological polar surface area (TPSA) is 69.4 Å². The fourth-order valence-electron chi connectivity index (χ4n) is 1.67. The molecule has 0 aromatic carbocycles. The van der Waals surface area contributed by atoms with Crippen LogP contribution < -0.4 is 5.32 Å². The van der Waals surface area contributed by atoms with Crippen molar-refractivity contribution in [2.75, 3.05) is 26.3 Å². The number of ether oxygens (including phenoxy) is 2. The lowest BCUT2D eigenvalue weighted by Gasteiger charge is -2.22. The van der Waals surface area contributed by atoms with Crippen LogP contribution in [-0.4, -0.2) is 42.5 Å². The van der Waals surface area contributed by atoms with E-state index in [-0.39, 0.29) is 6.10 Å². The zero-order chi connectivity index (χ0) is 11.9. The Morgan fingerprint density at radius 3 is 3.24 bits per heavy atom. The van der Waals surface area contributed by atoms with Gasteiger partial charge in [0.15, 0.2) is 5.82 Å². The number of nitrogens with zero attached hydrogens (tertiary/aromatic N) is 2. The van der Waals surface area contributed by atoms with E-state index in [9.17, 15) is 0 Å². The standard InChI is InChI=1S/C11H19N3O3/c1-2-3-11-13-10(14-17-11)8-15-7-9-6-12-4-5-16-9/h9,12H,2-8H2,1H3. The number of nitrogens with one attached hydrogen (secondary N) is 1. The Bertz CT molecular complexity index is 324. The second-order valence-electron chi connectivity index (χ2n) is 4.07. The number of hydrogen-bond donors (Lipinski definition) is 1. The van der Waals surface area contributed by atoms with Gasteiger partial charge in [0, 0.05) is 19.5 Å². The average Bonchev–Trinajstić information content (AvgIpc) is 2.79. The number of aromatic nitrogens is 2. The highest BCUT2D eigenvalue weighted by Crippen LogP contribution is 2.03. The monoisotopic (exact) mass is 241 g/mol. The lowest BCUT2D eigenvalue weighted by molar-refractivity contribution is -0.0371. The predicted molar refractivity (Wildman–Crippen MR) is 60.6 cm³/mol. The number of morpholine rings is 1. The van der Waals surface area contributed by atoms with Crippen molar-refractivity contribution in [1.82, 2.24) is 15.5 Å². The fraction of sp³-hybridized carbons (Fsp3) is 0.818. The molecule has 17 heavy (non-hydrogen) atoms. The van der Waals surface area contributed by atoms with Crippen molar-refractivity contribution in [3.05, 3.63) is 11.7 Å². The Kier molecular flexibility index (Phi) is 4.90. The van der Waals surface area contributed by atoms with Gasteiger partial charge in [-0.2, -0.15) is 4.98 Å². The summed E-state index contributed by atoms with van der Waals surface area (Å²) in [5.41, 5.74) is 0. The quantitative estimate of drug-likeness (QED) is 0.783. The molecule has 2 heterocycles. The normalized spacial score (nSPS) is 20.6. The highest BCUT2D eigenvalue weighted by Gasteiger charge is 2.14. The van der Waals surface area contributed by atoms with Gasteiger partial charge in [-0.25, -0.2) is 0 Å². The molecule has 0 bridgehead atoms. The van der Waals surface area contributed by atoms with Crippen LogP contribution >= 0.6 is 0 Å². The molecule has 1 unspecified atom stereocenters. The zero-order valence-corrected chi connectivity index (χ0v) is 10.1. The van der Waals surface area contributed by atoms with E-state index in [1.165, 1.54) is 0 Å². The van der Waals surface area contributed by atoms with E-state index in [1.54, 1.807) is 0 Å². The minimum Gasteiger partial charge on any atom is -0.373 e. The lowest BCUT2D eigenvalue weighted by Crippen LogP contribution is -2.40. The Morgan fingerprint density at radius 1 is 1.53 bits per heavy atom. The zero-order valence-electron chi connectivity index (χ0n) is 10.1. The van der Waals surface area contributed by atoms with E-state index in [2.05, 4.69) is 22.4 Å². The summed E-state index contributed by atoms with van der Waals surface area (Å²) < 4.78 is 16.1. The van der Waals surface area contributed by atoms with Crippen LogP contribution in [0.2, 0.25) is 0 Å². The van der Waals surface area contributed by atoms with Crippen molar-refractivity contribution in [1.29, 1.82) is 0 Å². The van der Waals surface area contributed by atoms with Crippen LogP contribution in [0.25, 0.3) is 0 Å². The minimum atomic E-state index is 0.130. The third kappa shape index (κ3) is 4.07. The van der Waals surface area contributed by atoms with Gasteiger partial charge in [0.05, 0.1) is 19.3 Å². The molecule has 6 heteroatoms. The van der Waals surface area contributed by atoms with Crippen LogP contribution in [0.3, 0.4) is 0 Å². The summed E-state index contributed by atoms with van der Waals surface area (Å²) in [6, 6.07) is 0. The second kappa shape index (κ2) is 6.68. The van der Waals surface area contributed by atoms with Crippen LogP contribution in [0.5, 0.6) is 0 Å². The molecule has 1 atom stereocenters. The molecular formula is C11H19N3O3. The van der Waals surface area contributed by atoms with Crippen molar-refractivity contribution in [3.8, 4) is 0 Å². The van der Waals surface area contributed by atoms with Crippen LogP contribution in [0.1, 0.15) is 25.1 Å². The minimum absolute atomic E-state index is 0.130. The van der Waals surface area contributed by atoms with E-state index in [0.29, 0.717) is 24.9 Å². The summed E-state index contributed by atoms with van der Waals surface area (Å²) in [7, 11) is 0. The summed E-state index contributed by atoms with van der Waals surface area (Å²) in [6.07, 6.45) is 1.96. The van der Waals surface area contributed by atoms with Gasteiger partial charge in [0.2, 0.25) is 5.89 Å². The first-order valence-corrected chi connectivity index (χ1v) is 6.10. The highest BCUT2D eigenvalue weighted by molar-refractivity contribution is 4.84. The average molecular weight is 241 g/mol.